The van der Waals surface area contributed by atoms with Crippen LogP contribution in [0.3, 0.4) is 0 Å². The first-order valence-electron chi connectivity index (χ1n) is 5.61. The molecule has 0 unspecified atom stereocenters. The summed E-state index contributed by atoms with van der Waals surface area (Å²) in [6, 6.07) is 5.27. The summed E-state index contributed by atoms with van der Waals surface area (Å²) in [5.41, 5.74) is 0.540. The monoisotopic (exact) mass is 275 g/mol. The van der Waals surface area contributed by atoms with Crippen LogP contribution in [0.2, 0.25) is 0 Å². The Morgan fingerprint density at radius 2 is 1.84 bits per heavy atom. The molecule has 104 valence electrons. The number of amides is 1. The van der Waals surface area contributed by atoms with E-state index in [0.29, 0.717) is 10.5 Å². The van der Waals surface area contributed by atoms with Gasteiger partial charge < -0.3 is 4.90 Å². The fourth-order valence-corrected chi connectivity index (χ4v) is 1.41. The average molecular weight is 275 g/mol. The summed E-state index contributed by atoms with van der Waals surface area (Å²) in [6.07, 6.45) is -2.03. The fourth-order valence-electron chi connectivity index (χ4n) is 1.41. The Kier molecular flexibility index (Phi) is 5.09. The summed E-state index contributed by atoms with van der Waals surface area (Å²) in [6.45, 7) is 0.150. The molecule has 0 atom stereocenters. The maximum atomic E-state index is 12.6. The van der Waals surface area contributed by atoms with Gasteiger partial charge in [0.15, 0.2) is 0 Å². The minimum atomic E-state index is -4.42. The number of alkyl halides is 3. The highest BCUT2D eigenvalue weighted by Gasteiger charge is 2.31. The lowest BCUT2D eigenvalue weighted by atomic mass is 10.2. The highest BCUT2D eigenvalue weighted by atomic mass is 19.4. The van der Waals surface area contributed by atoms with E-state index in [0.717, 1.165) is 6.08 Å². The molecule has 0 saturated carbocycles. The maximum absolute atomic E-state index is 12.6. The number of hydrogen-bond acceptors (Lipinski definition) is 1. The van der Waals surface area contributed by atoms with E-state index in [2.05, 4.69) is 0 Å². The maximum Gasteiger partial charge on any atom is 0.406 e. The molecular weight excluding hydrogens is 262 g/mol. The predicted octanol–water partition coefficient (Wildman–Crippen LogP) is 3.25. The summed E-state index contributed by atoms with van der Waals surface area (Å²) < 4.78 is 49.2. The van der Waals surface area contributed by atoms with Gasteiger partial charge in [-0.25, -0.2) is 4.39 Å². The second-order valence-corrected chi connectivity index (χ2v) is 3.85. The average Bonchev–Trinajstić information content (AvgIpc) is 2.34. The van der Waals surface area contributed by atoms with Crippen LogP contribution in [0.5, 0.6) is 0 Å². The number of hydrogen-bond donors (Lipinski definition) is 0. The third-order valence-corrected chi connectivity index (χ3v) is 2.35. The van der Waals surface area contributed by atoms with Crippen LogP contribution in [0.4, 0.5) is 17.6 Å². The van der Waals surface area contributed by atoms with Gasteiger partial charge in [-0.3, -0.25) is 4.79 Å². The van der Waals surface area contributed by atoms with E-state index in [4.69, 9.17) is 0 Å². The zero-order valence-electron chi connectivity index (χ0n) is 10.2. The fraction of sp³-hybridized carbons (Fsp3) is 0.308. The Morgan fingerprint density at radius 1 is 1.26 bits per heavy atom. The molecule has 2 nitrogen and oxygen atoms in total. The molecule has 0 aliphatic heterocycles. The Balaban J connectivity index is 2.69. The van der Waals surface area contributed by atoms with Crippen LogP contribution in [0, 0.1) is 5.82 Å². The van der Waals surface area contributed by atoms with Crippen molar-refractivity contribution in [2.24, 2.45) is 0 Å². The number of carbonyl (C=O) groups is 1. The molecule has 0 aliphatic rings. The van der Waals surface area contributed by atoms with Crippen LogP contribution in [-0.4, -0.2) is 30.1 Å². The normalized spacial score (nSPS) is 11.8. The van der Waals surface area contributed by atoms with Crippen molar-refractivity contribution in [1.29, 1.82) is 0 Å². The van der Waals surface area contributed by atoms with Crippen LogP contribution in [0.25, 0.3) is 6.08 Å². The summed E-state index contributed by atoms with van der Waals surface area (Å²) >= 11 is 0. The van der Waals surface area contributed by atoms with Crippen LogP contribution < -0.4 is 0 Å². The van der Waals surface area contributed by atoms with Gasteiger partial charge in [-0.2, -0.15) is 13.2 Å². The van der Waals surface area contributed by atoms with E-state index >= 15 is 0 Å². The Morgan fingerprint density at radius 3 is 2.32 bits per heavy atom. The van der Waals surface area contributed by atoms with Gasteiger partial charge in [-0.05, 0) is 30.7 Å². The first-order chi connectivity index (χ1) is 8.81. The Labute approximate surface area is 108 Å². The number of carbonyl (C=O) groups excluding carboxylic acids is 1. The lowest BCUT2D eigenvalue weighted by Gasteiger charge is -2.20. The first-order valence-corrected chi connectivity index (χ1v) is 5.61. The molecule has 0 bridgehead atoms. The number of nitrogens with zero attached hydrogens (tertiary/aromatic N) is 1. The molecule has 0 radical (unpaired) electrons. The second kappa shape index (κ2) is 6.36. The van der Waals surface area contributed by atoms with E-state index in [9.17, 15) is 22.4 Å². The van der Waals surface area contributed by atoms with Crippen LogP contribution in [0.1, 0.15) is 12.5 Å². The van der Waals surface area contributed by atoms with Crippen molar-refractivity contribution in [3.05, 3.63) is 41.7 Å². The highest BCUT2D eigenvalue weighted by Crippen LogP contribution is 2.16. The highest BCUT2D eigenvalue weighted by molar-refractivity contribution is 5.91. The van der Waals surface area contributed by atoms with E-state index in [1.54, 1.807) is 0 Å². The molecule has 19 heavy (non-hydrogen) atoms. The van der Waals surface area contributed by atoms with Crippen molar-refractivity contribution in [1.82, 2.24) is 4.90 Å². The molecular formula is C13H13F4NO. The smallest absolute Gasteiger partial charge is 0.330 e. The largest absolute Gasteiger partial charge is 0.406 e. The van der Waals surface area contributed by atoms with Gasteiger partial charge >= 0.3 is 6.18 Å². The van der Waals surface area contributed by atoms with E-state index in [-0.39, 0.29) is 6.54 Å². The Bertz CT molecular complexity index is 451. The molecule has 0 saturated heterocycles. The van der Waals surface area contributed by atoms with Gasteiger partial charge in [-0.15, -0.1) is 0 Å². The summed E-state index contributed by atoms with van der Waals surface area (Å²) in [4.78, 5) is 12.2. The van der Waals surface area contributed by atoms with Crippen molar-refractivity contribution >= 4 is 12.0 Å². The Hall–Kier alpha value is -1.85. The zero-order valence-corrected chi connectivity index (χ0v) is 10.2. The van der Waals surface area contributed by atoms with E-state index in [1.165, 1.54) is 37.3 Å². The molecule has 0 aromatic heterocycles. The minimum absolute atomic E-state index is 0.0356. The molecule has 0 heterocycles. The standard InChI is InChI=1S/C13H13F4NO/c1-2-18(9-13(15,16)17)12(19)8-5-10-3-6-11(14)7-4-10/h3-8H,2,9H2,1H3/b8-5+. The van der Waals surface area contributed by atoms with Gasteiger partial charge in [0.2, 0.25) is 5.91 Å². The van der Waals surface area contributed by atoms with Crippen LogP contribution in [-0.2, 0) is 4.79 Å². The van der Waals surface area contributed by atoms with E-state index < -0.39 is 24.4 Å². The molecule has 1 aromatic rings. The topological polar surface area (TPSA) is 20.3 Å². The lowest BCUT2D eigenvalue weighted by Crippen LogP contribution is -2.37. The molecule has 1 amide bonds. The van der Waals surface area contributed by atoms with Crippen molar-refractivity contribution < 1.29 is 22.4 Å². The van der Waals surface area contributed by atoms with Gasteiger partial charge in [0.1, 0.15) is 12.4 Å². The van der Waals surface area contributed by atoms with Crippen LogP contribution in [0.15, 0.2) is 30.3 Å². The molecule has 0 spiro atoms. The number of halogens is 4. The van der Waals surface area contributed by atoms with Crippen LogP contribution >= 0.6 is 0 Å². The molecule has 1 aromatic carbocycles. The minimum Gasteiger partial charge on any atom is -0.330 e. The van der Waals surface area contributed by atoms with Gasteiger partial charge in [0, 0.05) is 12.6 Å². The summed E-state index contributed by atoms with van der Waals surface area (Å²) in [5.74, 6) is -1.15. The molecule has 0 fully saturated rings. The number of benzene rings is 1. The zero-order chi connectivity index (χ0) is 14.5. The first kappa shape index (κ1) is 15.2. The van der Waals surface area contributed by atoms with E-state index in [1.807, 2.05) is 0 Å². The predicted molar refractivity (Wildman–Crippen MR) is 63.7 cm³/mol. The SMILES string of the molecule is CCN(CC(F)(F)F)C(=O)/C=C/c1ccc(F)cc1. The van der Waals surface area contributed by atoms with Gasteiger partial charge in [-0.1, -0.05) is 12.1 Å². The lowest BCUT2D eigenvalue weighted by molar-refractivity contribution is -0.157. The molecule has 0 aliphatic carbocycles. The summed E-state index contributed by atoms with van der Waals surface area (Å²) in [7, 11) is 0. The van der Waals surface area contributed by atoms with Crippen molar-refractivity contribution in [3.8, 4) is 0 Å². The molecule has 6 heteroatoms. The summed E-state index contributed by atoms with van der Waals surface area (Å²) in [5, 5.41) is 0. The quantitative estimate of drug-likeness (QED) is 0.610. The molecule has 1 rings (SSSR count). The second-order valence-electron chi connectivity index (χ2n) is 3.85. The van der Waals surface area contributed by atoms with Crippen molar-refractivity contribution in [3.63, 3.8) is 0 Å². The molecule has 0 N–H and O–H groups in total. The number of likely N-dealkylation sites (N-methyl/N-ethyl adjacent to an activating group) is 1. The van der Waals surface area contributed by atoms with Gasteiger partial charge in [0.25, 0.3) is 0 Å². The number of rotatable bonds is 4. The van der Waals surface area contributed by atoms with Crippen molar-refractivity contribution in [2.75, 3.05) is 13.1 Å². The van der Waals surface area contributed by atoms with Gasteiger partial charge in [0.05, 0.1) is 0 Å². The van der Waals surface area contributed by atoms with Crippen molar-refractivity contribution in [2.45, 2.75) is 13.1 Å². The third-order valence-electron chi connectivity index (χ3n) is 2.35. The third kappa shape index (κ3) is 5.54.